The van der Waals surface area contributed by atoms with E-state index in [1.54, 1.807) is 0 Å². The normalized spacial score (nSPS) is 11.4. The maximum absolute atomic E-state index is 6.01. The Morgan fingerprint density at radius 1 is 1.29 bits per heavy atom. The van der Waals surface area contributed by atoms with Crippen LogP contribution in [-0.2, 0) is 6.42 Å². The van der Waals surface area contributed by atoms with Gasteiger partial charge in [0.2, 0.25) is 0 Å². The maximum atomic E-state index is 6.01. The Kier molecular flexibility index (Phi) is 3.20. The fourth-order valence-corrected chi connectivity index (χ4v) is 2.16. The molecule has 1 aromatic heterocycles. The number of nitrogens with zero attached hydrogens (tertiary/aromatic N) is 2. The van der Waals surface area contributed by atoms with Crippen LogP contribution in [0.5, 0.6) is 0 Å². The molecule has 0 bridgehead atoms. The highest BCUT2D eigenvalue weighted by Crippen LogP contribution is 2.25. The first-order valence-electron chi connectivity index (χ1n) is 5.69. The average molecular weight is 250 g/mol. The Morgan fingerprint density at radius 3 is 2.65 bits per heavy atom. The summed E-state index contributed by atoms with van der Waals surface area (Å²) in [5.41, 5.74) is 7.90. The van der Waals surface area contributed by atoms with Gasteiger partial charge in [0.1, 0.15) is 11.6 Å². The molecule has 3 nitrogen and oxygen atoms in total. The van der Waals surface area contributed by atoms with Gasteiger partial charge in [-0.05, 0) is 30.5 Å². The first kappa shape index (κ1) is 12.1. The molecule has 0 aliphatic rings. The van der Waals surface area contributed by atoms with E-state index in [4.69, 9.17) is 17.3 Å². The zero-order chi connectivity index (χ0) is 12.6. The minimum atomic E-state index is 0.510. The van der Waals surface area contributed by atoms with E-state index >= 15 is 0 Å². The Bertz CT molecular complexity index is 564. The molecule has 0 unspecified atom stereocenters. The molecule has 1 heterocycles. The van der Waals surface area contributed by atoms with E-state index in [0.717, 1.165) is 28.7 Å². The van der Waals surface area contributed by atoms with Crippen molar-refractivity contribution in [3.05, 3.63) is 28.5 Å². The standard InChI is InChI=1S/C13H16ClN3/c1-7(2)4-11-16-12-8(3)5-9(14)6-10(12)13(15)17-11/h5-7H,4H2,1-3H3,(H2,15,16,17). The second-order valence-corrected chi connectivity index (χ2v) is 5.18. The number of nitrogen functional groups attached to an aromatic ring is 1. The molecule has 0 aliphatic heterocycles. The number of hydrogen-bond acceptors (Lipinski definition) is 3. The van der Waals surface area contributed by atoms with Crippen molar-refractivity contribution in [1.82, 2.24) is 9.97 Å². The molecule has 0 amide bonds. The Hall–Kier alpha value is -1.35. The van der Waals surface area contributed by atoms with Crippen molar-refractivity contribution in [1.29, 1.82) is 0 Å². The second kappa shape index (κ2) is 4.49. The highest BCUT2D eigenvalue weighted by Gasteiger charge is 2.09. The van der Waals surface area contributed by atoms with Crippen molar-refractivity contribution in [2.45, 2.75) is 27.2 Å². The van der Waals surface area contributed by atoms with Crippen LogP contribution in [0.3, 0.4) is 0 Å². The summed E-state index contributed by atoms with van der Waals surface area (Å²) >= 11 is 6.01. The Morgan fingerprint density at radius 2 is 2.00 bits per heavy atom. The van der Waals surface area contributed by atoms with Gasteiger partial charge in [-0.25, -0.2) is 9.97 Å². The zero-order valence-corrected chi connectivity index (χ0v) is 11.0. The van der Waals surface area contributed by atoms with E-state index in [-0.39, 0.29) is 0 Å². The van der Waals surface area contributed by atoms with Gasteiger partial charge in [0, 0.05) is 16.8 Å². The summed E-state index contributed by atoms with van der Waals surface area (Å²) in [6.07, 6.45) is 0.836. The van der Waals surface area contributed by atoms with Crippen LogP contribution in [0.4, 0.5) is 5.82 Å². The number of nitrogens with two attached hydrogens (primary N) is 1. The van der Waals surface area contributed by atoms with E-state index in [1.165, 1.54) is 0 Å². The molecule has 0 spiro atoms. The van der Waals surface area contributed by atoms with Crippen LogP contribution in [0.15, 0.2) is 12.1 Å². The molecular formula is C13H16ClN3. The number of anilines is 1. The van der Waals surface area contributed by atoms with Crippen LogP contribution in [0.1, 0.15) is 25.2 Å². The van der Waals surface area contributed by atoms with Crippen molar-refractivity contribution in [3.63, 3.8) is 0 Å². The van der Waals surface area contributed by atoms with E-state index in [1.807, 2.05) is 19.1 Å². The van der Waals surface area contributed by atoms with E-state index in [0.29, 0.717) is 16.8 Å². The molecule has 1 aromatic carbocycles. The molecule has 0 aliphatic carbocycles. The van der Waals surface area contributed by atoms with Gasteiger partial charge < -0.3 is 5.73 Å². The van der Waals surface area contributed by atoms with Gasteiger partial charge >= 0.3 is 0 Å². The number of benzene rings is 1. The SMILES string of the molecule is Cc1cc(Cl)cc2c(N)nc(CC(C)C)nc12. The predicted octanol–water partition coefficient (Wildman–Crippen LogP) is 3.37. The molecule has 2 N–H and O–H groups in total. The van der Waals surface area contributed by atoms with Gasteiger partial charge in [-0.1, -0.05) is 25.4 Å². The van der Waals surface area contributed by atoms with Gasteiger partial charge in [-0.3, -0.25) is 0 Å². The summed E-state index contributed by atoms with van der Waals surface area (Å²) in [5, 5.41) is 1.50. The number of rotatable bonds is 2. The molecular weight excluding hydrogens is 234 g/mol. The van der Waals surface area contributed by atoms with Crippen LogP contribution in [0, 0.1) is 12.8 Å². The third-order valence-electron chi connectivity index (χ3n) is 2.62. The summed E-state index contributed by atoms with van der Waals surface area (Å²) in [7, 11) is 0. The lowest BCUT2D eigenvalue weighted by Crippen LogP contribution is -2.05. The van der Waals surface area contributed by atoms with Gasteiger partial charge in [-0.15, -0.1) is 0 Å². The fourth-order valence-electron chi connectivity index (χ4n) is 1.89. The van der Waals surface area contributed by atoms with Gasteiger partial charge in [0.25, 0.3) is 0 Å². The molecule has 4 heteroatoms. The summed E-state index contributed by atoms with van der Waals surface area (Å²) < 4.78 is 0. The third kappa shape index (κ3) is 2.50. The van der Waals surface area contributed by atoms with E-state index in [2.05, 4.69) is 23.8 Å². The first-order chi connectivity index (χ1) is 7.97. The highest BCUT2D eigenvalue weighted by atomic mass is 35.5. The van der Waals surface area contributed by atoms with Crippen molar-refractivity contribution >= 4 is 28.3 Å². The summed E-state index contributed by atoms with van der Waals surface area (Å²) in [5.74, 6) is 1.83. The first-order valence-corrected chi connectivity index (χ1v) is 6.07. The predicted molar refractivity (Wildman–Crippen MR) is 72.2 cm³/mol. The van der Waals surface area contributed by atoms with Crippen LogP contribution >= 0.6 is 11.6 Å². The maximum Gasteiger partial charge on any atom is 0.135 e. The van der Waals surface area contributed by atoms with Crippen LogP contribution < -0.4 is 5.73 Å². The Labute approximate surface area is 106 Å². The van der Waals surface area contributed by atoms with E-state index < -0.39 is 0 Å². The molecule has 0 atom stereocenters. The topological polar surface area (TPSA) is 51.8 Å². The van der Waals surface area contributed by atoms with Crippen LogP contribution in [0.2, 0.25) is 5.02 Å². The molecule has 0 saturated heterocycles. The fraction of sp³-hybridized carbons (Fsp3) is 0.385. The van der Waals surface area contributed by atoms with Crippen molar-refractivity contribution in [2.75, 3.05) is 5.73 Å². The monoisotopic (exact) mass is 249 g/mol. The van der Waals surface area contributed by atoms with Crippen molar-refractivity contribution in [2.24, 2.45) is 5.92 Å². The molecule has 17 heavy (non-hydrogen) atoms. The third-order valence-corrected chi connectivity index (χ3v) is 2.84. The zero-order valence-electron chi connectivity index (χ0n) is 10.3. The second-order valence-electron chi connectivity index (χ2n) is 4.74. The van der Waals surface area contributed by atoms with E-state index in [9.17, 15) is 0 Å². The summed E-state index contributed by atoms with van der Waals surface area (Å²) in [6, 6.07) is 3.72. The smallest absolute Gasteiger partial charge is 0.135 e. The van der Waals surface area contributed by atoms with Crippen molar-refractivity contribution < 1.29 is 0 Å². The van der Waals surface area contributed by atoms with Gasteiger partial charge in [-0.2, -0.15) is 0 Å². The number of aromatic nitrogens is 2. The lowest BCUT2D eigenvalue weighted by atomic mass is 10.1. The quantitative estimate of drug-likeness (QED) is 0.888. The van der Waals surface area contributed by atoms with Crippen LogP contribution in [-0.4, -0.2) is 9.97 Å². The lowest BCUT2D eigenvalue weighted by Gasteiger charge is -2.09. The molecule has 0 fully saturated rings. The number of aryl methyl sites for hydroxylation is 1. The number of halogens is 1. The number of hydrogen-bond donors (Lipinski definition) is 1. The minimum absolute atomic E-state index is 0.510. The van der Waals surface area contributed by atoms with Crippen molar-refractivity contribution in [3.8, 4) is 0 Å². The molecule has 2 rings (SSSR count). The highest BCUT2D eigenvalue weighted by molar-refractivity contribution is 6.31. The van der Waals surface area contributed by atoms with Crippen LogP contribution in [0.25, 0.3) is 10.9 Å². The Balaban J connectivity index is 2.64. The average Bonchev–Trinajstić information content (AvgIpc) is 2.19. The van der Waals surface area contributed by atoms with Gasteiger partial charge in [0.05, 0.1) is 5.52 Å². The molecule has 2 aromatic rings. The largest absolute Gasteiger partial charge is 0.383 e. The number of fused-ring (bicyclic) bond motifs is 1. The molecule has 90 valence electrons. The molecule has 0 saturated carbocycles. The minimum Gasteiger partial charge on any atom is -0.383 e. The summed E-state index contributed by atoms with van der Waals surface area (Å²) in [6.45, 7) is 6.26. The van der Waals surface area contributed by atoms with Gasteiger partial charge in [0.15, 0.2) is 0 Å². The summed E-state index contributed by atoms with van der Waals surface area (Å²) in [4.78, 5) is 8.90. The molecule has 0 radical (unpaired) electrons. The lowest BCUT2D eigenvalue weighted by molar-refractivity contribution is 0.623.